The lowest BCUT2D eigenvalue weighted by atomic mass is 10.0. The van der Waals surface area contributed by atoms with Gasteiger partial charge in [0.05, 0.1) is 19.9 Å². The number of nitrogens with zero attached hydrogens (tertiary/aromatic N) is 2. The van der Waals surface area contributed by atoms with Crippen LogP contribution in [0.15, 0.2) is 23.2 Å². The van der Waals surface area contributed by atoms with Gasteiger partial charge < -0.3 is 14.4 Å². The maximum Gasteiger partial charge on any atom is 0.274 e. The summed E-state index contributed by atoms with van der Waals surface area (Å²) in [4.78, 5) is 6.31. The lowest BCUT2D eigenvalue weighted by Gasteiger charge is -2.35. The van der Waals surface area contributed by atoms with Crippen LogP contribution in [-0.4, -0.2) is 53.4 Å². The summed E-state index contributed by atoms with van der Waals surface area (Å²) in [6.07, 6.45) is 3.33. The van der Waals surface area contributed by atoms with E-state index in [1.165, 1.54) is 0 Å². The van der Waals surface area contributed by atoms with Gasteiger partial charge in [-0.05, 0) is 32.5 Å². The minimum absolute atomic E-state index is 0.151. The van der Waals surface area contributed by atoms with E-state index in [0.717, 1.165) is 11.3 Å². The third-order valence-electron chi connectivity index (χ3n) is 4.39. The monoisotopic (exact) mass is 382 g/mol. The van der Waals surface area contributed by atoms with Crippen LogP contribution in [0.2, 0.25) is 0 Å². The molecular weight excluding hydrogens is 356 g/mol. The topological polar surface area (TPSA) is 106 Å². The quantitative estimate of drug-likeness (QED) is 0.698. The Kier molecular flexibility index (Phi) is 6.63. The van der Waals surface area contributed by atoms with E-state index in [4.69, 9.17) is 14.6 Å². The molecule has 1 fully saturated rings. The minimum Gasteiger partial charge on any atom is -0.493 e. The molecule has 9 heteroatoms. The third kappa shape index (κ3) is 4.75. The van der Waals surface area contributed by atoms with Gasteiger partial charge in [0.1, 0.15) is 0 Å². The molecule has 0 aromatic heterocycles. The second-order valence-electron chi connectivity index (χ2n) is 5.98. The summed E-state index contributed by atoms with van der Waals surface area (Å²) in [7, 11) is -0.524. The first-order chi connectivity index (χ1) is 12.3. The van der Waals surface area contributed by atoms with E-state index in [9.17, 15) is 8.42 Å². The Bertz CT molecular complexity index is 784. The summed E-state index contributed by atoms with van der Waals surface area (Å²) in [5.41, 5.74) is 2.57. The van der Waals surface area contributed by atoms with Gasteiger partial charge in [-0.15, -0.1) is 0 Å². The van der Waals surface area contributed by atoms with Crippen LogP contribution in [0, 0.1) is 0 Å². The standard InChI is InChI=1S/C17H26N4O4S/c1-5-15(21-8-6-12(7-9-21)20-26(18,22)23)13-10-16(24-3)17(25-4)11-14(13)19-2/h5,10-12,20H,2,6-9H2,1,3-4H3,(H2,18,22,23)/b15-5+. The van der Waals surface area contributed by atoms with Crippen LogP contribution in [0.5, 0.6) is 11.5 Å². The van der Waals surface area contributed by atoms with E-state index < -0.39 is 10.2 Å². The molecular formula is C17H26N4O4S. The number of nitrogens with one attached hydrogen (secondary N) is 1. The molecule has 1 aromatic rings. The molecule has 144 valence electrons. The summed E-state index contributed by atoms with van der Waals surface area (Å²) < 4.78 is 35.6. The fraction of sp³-hybridized carbons (Fsp3) is 0.471. The normalized spacial score (nSPS) is 16.5. The van der Waals surface area contributed by atoms with Crippen LogP contribution < -0.4 is 19.3 Å². The number of nitrogens with two attached hydrogens (primary N) is 1. The van der Waals surface area contributed by atoms with Gasteiger partial charge in [-0.1, -0.05) is 6.08 Å². The van der Waals surface area contributed by atoms with Crippen molar-refractivity contribution in [3.63, 3.8) is 0 Å². The summed E-state index contributed by atoms with van der Waals surface area (Å²) in [6.45, 7) is 6.99. The molecule has 0 spiro atoms. The molecule has 1 aliphatic rings. The number of allylic oxidation sites excluding steroid dienone is 1. The van der Waals surface area contributed by atoms with Crippen LogP contribution in [0.4, 0.5) is 5.69 Å². The molecule has 8 nitrogen and oxygen atoms in total. The Morgan fingerprint density at radius 2 is 1.88 bits per heavy atom. The van der Waals surface area contributed by atoms with Crippen LogP contribution >= 0.6 is 0 Å². The zero-order chi connectivity index (χ0) is 19.3. The number of aliphatic imine (C=N–C) groups is 1. The van der Waals surface area contributed by atoms with Gasteiger partial charge in [0.15, 0.2) is 11.5 Å². The molecule has 0 amide bonds. The molecule has 0 bridgehead atoms. The first kappa shape index (κ1) is 20.2. The van der Waals surface area contributed by atoms with Gasteiger partial charge in [-0.2, -0.15) is 13.1 Å². The maximum absolute atomic E-state index is 11.2. The van der Waals surface area contributed by atoms with Crippen LogP contribution in [0.3, 0.4) is 0 Å². The SMILES string of the molecule is C=Nc1cc(OC)c(OC)cc1/C(=C\C)N1CCC(NS(N)(=O)=O)CC1. The molecule has 3 N–H and O–H groups in total. The molecule has 1 aliphatic heterocycles. The molecule has 1 saturated heterocycles. The van der Waals surface area contributed by atoms with Gasteiger partial charge >= 0.3 is 0 Å². The highest BCUT2D eigenvalue weighted by Gasteiger charge is 2.25. The van der Waals surface area contributed by atoms with E-state index >= 15 is 0 Å². The molecule has 2 rings (SSSR count). The average molecular weight is 382 g/mol. The average Bonchev–Trinajstić information content (AvgIpc) is 2.61. The fourth-order valence-corrected chi connectivity index (χ4v) is 3.88. The Morgan fingerprint density at radius 1 is 1.31 bits per heavy atom. The Balaban J connectivity index is 2.26. The molecule has 0 atom stereocenters. The lowest BCUT2D eigenvalue weighted by Crippen LogP contribution is -2.46. The Morgan fingerprint density at radius 3 is 2.35 bits per heavy atom. The first-order valence-electron chi connectivity index (χ1n) is 8.27. The summed E-state index contributed by atoms with van der Waals surface area (Å²) in [5.74, 6) is 1.20. The maximum atomic E-state index is 11.2. The molecule has 1 heterocycles. The number of hydrogen-bond donors (Lipinski definition) is 2. The van der Waals surface area contributed by atoms with Crippen molar-refractivity contribution in [2.24, 2.45) is 10.1 Å². The fourth-order valence-electron chi connectivity index (χ4n) is 3.18. The summed E-state index contributed by atoms with van der Waals surface area (Å²) in [6, 6.07) is 3.52. The van der Waals surface area contributed by atoms with Crippen LogP contribution in [0.1, 0.15) is 25.3 Å². The number of methoxy groups -OCH3 is 2. The predicted octanol–water partition coefficient (Wildman–Crippen LogP) is 1.65. The second-order valence-corrected chi connectivity index (χ2v) is 7.31. The highest BCUT2D eigenvalue weighted by Crippen LogP contribution is 2.39. The van der Waals surface area contributed by atoms with Crippen molar-refractivity contribution in [1.29, 1.82) is 0 Å². The number of ether oxygens (including phenoxy) is 2. The number of piperidine rings is 1. The summed E-state index contributed by atoms with van der Waals surface area (Å²) >= 11 is 0. The zero-order valence-corrected chi connectivity index (χ0v) is 16.2. The third-order valence-corrected chi connectivity index (χ3v) is 5.05. The van der Waals surface area contributed by atoms with Gasteiger partial charge in [-0.25, -0.2) is 5.14 Å². The number of likely N-dealkylation sites (tertiary alicyclic amines) is 1. The number of rotatable bonds is 7. The van der Waals surface area contributed by atoms with Crippen molar-refractivity contribution in [1.82, 2.24) is 9.62 Å². The van der Waals surface area contributed by atoms with E-state index in [1.54, 1.807) is 20.3 Å². The zero-order valence-electron chi connectivity index (χ0n) is 15.4. The van der Waals surface area contributed by atoms with E-state index in [-0.39, 0.29) is 6.04 Å². The van der Waals surface area contributed by atoms with E-state index in [2.05, 4.69) is 21.3 Å². The van der Waals surface area contributed by atoms with Crippen molar-refractivity contribution in [3.8, 4) is 11.5 Å². The number of hydrogen-bond acceptors (Lipinski definition) is 6. The predicted molar refractivity (Wildman–Crippen MR) is 103 cm³/mol. The van der Waals surface area contributed by atoms with Gasteiger partial charge in [-0.3, -0.25) is 4.99 Å². The molecule has 0 saturated carbocycles. The van der Waals surface area contributed by atoms with Gasteiger partial charge in [0, 0.05) is 36.5 Å². The van der Waals surface area contributed by atoms with E-state index in [0.29, 0.717) is 43.1 Å². The van der Waals surface area contributed by atoms with Gasteiger partial charge in [0.25, 0.3) is 10.2 Å². The van der Waals surface area contributed by atoms with E-state index in [1.807, 2.05) is 19.1 Å². The smallest absolute Gasteiger partial charge is 0.274 e. The lowest BCUT2D eigenvalue weighted by molar-refractivity contribution is 0.288. The Hall–Kier alpha value is -2.10. The number of benzene rings is 1. The van der Waals surface area contributed by atoms with Crippen molar-refractivity contribution >= 4 is 28.3 Å². The molecule has 0 unspecified atom stereocenters. The largest absolute Gasteiger partial charge is 0.493 e. The second kappa shape index (κ2) is 8.52. The summed E-state index contributed by atoms with van der Waals surface area (Å²) in [5, 5.41) is 5.07. The van der Waals surface area contributed by atoms with Crippen molar-refractivity contribution in [3.05, 3.63) is 23.8 Å². The molecule has 1 aromatic carbocycles. The van der Waals surface area contributed by atoms with Gasteiger partial charge in [0.2, 0.25) is 0 Å². The highest BCUT2D eigenvalue weighted by atomic mass is 32.2. The molecule has 0 radical (unpaired) electrons. The van der Waals surface area contributed by atoms with Crippen molar-refractivity contribution in [2.75, 3.05) is 27.3 Å². The van der Waals surface area contributed by atoms with Crippen molar-refractivity contribution < 1.29 is 17.9 Å². The molecule has 0 aliphatic carbocycles. The van der Waals surface area contributed by atoms with Crippen LogP contribution in [-0.2, 0) is 10.2 Å². The van der Waals surface area contributed by atoms with Crippen molar-refractivity contribution in [2.45, 2.75) is 25.8 Å². The Labute approximate surface area is 154 Å². The highest BCUT2D eigenvalue weighted by molar-refractivity contribution is 7.87. The first-order valence-corrected chi connectivity index (χ1v) is 9.82. The molecule has 26 heavy (non-hydrogen) atoms. The minimum atomic E-state index is -3.68. The van der Waals surface area contributed by atoms with Crippen LogP contribution in [0.25, 0.3) is 5.70 Å².